The molecule has 1 aliphatic rings. The monoisotopic (exact) mass is 392 g/mol. The summed E-state index contributed by atoms with van der Waals surface area (Å²) in [4.78, 5) is 24.4. The molecule has 156 valence electrons. The van der Waals surface area contributed by atoms with Crippen molar-refractivity contribution in [3.63, 3.8) is 0 Å². The zero-order valence-electron chi connectivity index (χ0n) is 16.6. The summed E-state index contributed by atoms with van der Waals surface area (Å²) in [6.07, 6.45) is 4.48. The number of benzene rings is 1. The fourth-order valence-corrected chi connectivity index (χ4v) is 3.33. The molecule has 0 spiro atoms. The molecule has 7 nitrogen and oxygen atoms in total. The number of urea groups is 1. The molecular formula is C21H32N2O5. The average Bonchev–Trinajstić information content (AvgIpc) is 3.01. The van der Waals surface area contributed by atoms with Crippen molar-refractivity contribution in [1.82, 2.24) is 10.2 Å². The Morgan fingerprint density at radius 1 is 1.25 bits per heavy atom. The Kier molecular flexibility index (Phi) is 9.07. The second kappa shape index (κ2) is 11.5. The van der Waals surface area contributed by atoms with E-state index in [1.165, 1.54) is 0 Å². The van der Waals surface area contributed by atoms with E-state index in [2.05, 4.69) is 5.32 Å². The van der Waals surface area contributed by atoms with Crippen molar-refractivity contribution < 1.29 is 24.5 Å². The number of carbonyl (C=O) groups is 2. The molecule has 0 saturated carbocycles. The summed E-state index contributed by atoms with van der Waals surface area (Å²) in [7, 11) is 0. The normalized spacial score (nSPS) is 17.4. The molecule has 1 aromatic rings. The molecule has 0 radical (unpaired) electrons. The van der Waals surface area contributed by atoms with E-state index in [1.54, 1.807) is 4.90 Å². The van der Waals surface area contributed by atoms with Crippen LogP contribution in [-0.2, 0) is 4.79 Å². The predicted molar refractivity (Wildman–Crippen MR) is 107 cm³/mol. The van der Waals surface area contributed by atoms with Gasteiger partial charge in [0, 0.05) is 19.5 Å². The molecule has 1 fully saturated rings. The van der Waals surface area contributed by atoms with Crippen LogP contribution in [0.2, 0.25) is 0 Å². The maximum atomic E-state index is 12.1. The van der Waals surface area contributed by atoms with E-state index in [0.29, 0.717) is 25.9 Å². The van der Waals surface area contributed by atoms with Gasteiger partial charge in [0.05, 0.1) is 12.1 Å². The van der Waals surface area contributed by atoms with E-state index in [1.807, 2.05) is 31.2 Å². The van der Waals surface area contributed by atoms with Crippen molar-refractivity contribution in [3.05, 3.63) is 29.8 Å². The molecular weight excluding hydrogens is 360 g/mol. The molecule has 7 heteroatoms. The molecule has 2 unspecified atom stereocenters. The summed E-state index contributed by atoms with van der Waals surface area (Å²) in [6.45, 7) is 3.33. The standard InChI is InChI=1S/C21H32N2O5/c1-16-8-10-19(11-9-16)28-15-18(24)12-13-23-17(14-22-21(23)27)6-4-2-3-5-7-20(25)26/h8-11,17-18,24H,2-7,12-15H2,1H3,(H,22,27)(H,25,26). The summed E-state index contributed by atoms with van der Waals surface area (Å²) < 4.78 is 5.60. The van der Waals surface area contributed by atoms with Gasteiger partial charge in [-0.05, 0) is 38.3 Å². The molecule has 1 saturated heterocycles. The van der Waals surface area contributed by atoms with E-state index < -0.39 is 12.1 Å². The molecule has 28 heavy (non-hydrogen) atoms. The Morgan fingerprint density at radius 3 is 2.68 bits per heavy atom. The van der Waals surface area contributed by atoms with Gasteiger partial charge in [0.1, 0.15) is 12.4 Å². The number of carboxylic acids is 1. The van der Waals surface area contributed by atoms with E-state index in [9.17, 15) is 14.7 Å². The number of carboxylic acid groups (broad SMARTS) is 1. The fourth-order valence-electron chi connectivity index (χ4n) is 3.33. The lowest BCUT2D eigenvalue weighted by atomic mass is 10.1. The number of nitrogens with one attached hydrogen (secondary N) is 1. The molecule has 2 atom stereocenters. The van der Waals surface area contributed by atoms with Crippen LogP contribution in [-0.4, -0.2) is 59.0 Å². The smallest absolute Gasteiger partial charge is 0.317 e. The van der Waals surface area contributed by atoms with Crippen LogP contribution in [0.25, 0.3) is 0 Å². The number of aryl methyl sites for hydroxylation is 1. The first-order valence-electron chi connectivity index (χ1n) is 10.1. The van der Waals surface area contributed by atoms with Crippen LogP contribution >= 0.6 is 0 Å². The maximum absolute atomic E-state index is 12.1. The second-order valence-electron chi connectivity index (χ2n) is 7.45. The number of nitrogens with zero attached hydrogens (tertiary/aromatic N) is 1. The minimum atomic E-state index is -0.748. The van der Waals surface area contributed by atoms with Gasteiger partial charge in [-0.3, -0.25) is 4.79 Å². The number of aliphatic hydroxyl groups excluding tert-OH is 1. The highest BCUT2D eigenvalue weighted by molar-refractivity contribution is 5.76. The van der Waals surface area contributed by atoms with Crippen molar-refractivity contribution in [2.75, 3.05) is 19.7 Å². The third-order valence-corrected chi connectivity index (χ3v) is 5.04. The van der Waals surface area contributed by atoms with Gasteiger partial charge in [-0.2, -0.15) is 0 Å². The lowest BCUT2D eigenvalue weighted by molar-refractivity contribution is -0.137. The van der Waals surface area contributed by atoms with Gasteiger partial charge in [-0.1, -0.05) is 37.0 Å². The highest BCUT2D eigenvalue weighted by atomic mass is 16.5. The van der Waals surface area contributed by atoms with Gasteiger partial charge >= 0.3 is 12.0 Å². The predicted octanol–water partition coefficient (Wildman–Crippen LogP) is 2.94. The van der Waals surface area contributed by atoms with Crippen molar-refractivity contribution >= 4 is 12.0 Å². The number of unbranched alkanes of at least 4 members (excludes halogenated alkanes) is 3. The van der Waals surface area contributed by atoms with Gasteiger partial charge in [-0.25, -0.2) is 4.79 Å². The molecule has 1 aliphatic heterocycles. The number of amides is 2. The van der Waals surface area contributed by atoms with E-state index in [-0.39, 0.29) is 25.1 Å². The van der Waals surface area contributed by atoms with Crippen LogP contribution in [0.3, 0.4) is 0 Å². The molecule has 1 heterocycles. The summed E-state index contributed by atoms with van der Waals surface area (Å²) >= 11 is 0. The van der Waals surface area contributed by atoms with Crippen molar-refractivity contribution in [2.24, 2.45) is 0 Å². The van der Waals surface area contributed by atoms with Crippen molar-refractivity contribution in [2.45, 2.75) is 64.0 Å². The fraction of sp³-hybridized carbons (Fsp3) is 0.619. The Labute approximate surface area is 166 Å². The number of carbonyl (C=O) groups excluding carboxylic acids is 1. The molecule has 0 aliphatic carbocycles. The Bertz CT molecular complexity index is 620. The van der Waals surface area contributed by atoms with E-state index in [4.69, 9.17) is 9.84 Å². The van der Waals surface area contributed by atoms with Crippen molar-refractivity contribution in [1.29, 1.82) is 0 Å². The lowest BCUT2D eigenvalue weighted by Gasteiger charge is -2.24. The number of ether oxygens (including phenoxy) is 1. The first-order valence-corrected chi connectivity index (χ1v) is 10.1. The number of rotatable bonds is 13. The van der Waals surface area contributed by atoms with E-state index >= 15 is 0 Å². The number of aliphatic carboxylic acids is 1. The first kappa shape index (κ1) is 22.0. The molecule has 0 bridgehead atoms. The first-order chi connectivity index (χ1) is 13.5. The van der Waals surface area contributed by atoms with Crippen LogP contribution in [0.5, 0.6) is 5.75 Å². The summed E-state index contributed by atoms with van der Waals surface area (Å²) in [6, 6.07) is 7.73. The zero-order chi connectivity index (χ0) is 20.4. The third kappa shape index (κ3) is 7.76. The average molecular weight is 392 g/mol. The minimum absolute atomic E-state index is 0.0810. The second-order valence-corrected chi connectivity index (χ2v) is 7.45. The highest BCUT2D eigenvalue weighted by Gasteiger charge is 2.30. The van der Waals surface area contributed by atoms with Gasteiger partial charge in [0.15, 0.2) is 0 Å². The highest BCUT2D eigenvalue weighted by Crippen LogP contribution is 2.17. The molecule has 3 N–H and O–H groups in total. The number of aliphatic hydroxyl groups is 1. The minimum Gasteiger partial charge on any atom is -0.491 e. The molecule has 1 aromatic carbocycles. The van der Waals surface area contributed by atoms with Crippen LogP contribution < -0.4 is 10.1 Å². The zero-order valence-corrected chi connectivity index (χ0v) is 16.6. The summed E-state index contributed by atoms with van der Waals surface area (Å²) in [5.74, 6) is -0.0222. The van der Waals surface area contributed by atoms with Gasteiger partial charge in [0.2, 0.25) is 0 Å². The van der Waals surface area contributed by atoms with Crippen LogP contribution in [0.15, 0.2) is 24.3 Å². The lowest BCUT2D eigenvalue weighted by Crippen LogP contribution is -2.37. The van der Waals surface area contributed by atoms with Crippen molar-refractivity contribution in [3.8, 4) is 5.75 Å². The van der Waals surface area contributed by atoms with Gasteiger partial charge in [-0.15, -0.1) is 0 Å². The summed E-state index contributed by atoms with van der Waals surface area (Å²) in [5.41, 5.74) is 1.15. The number of hydrogen-bond acceptors (Lipinski definition) is 4. The van der Waals surface area contributed by atoms with Crippen LogP contribution in [0.4, 0.5) is 4.79 Å². The molecule has 2 amide bonds. The Hall–Kier alpha value is -2.28. The van der Waals surface area contributed by atoms with Crippen LogP contribution in [0, 0.1) is 6.92 Å². The quantitative estimate of drug-likeness (QED) is 0.448. The SMILES string of the molecule is Cc1ccc(OCC(O)CCN2C(=O)NCC2CCCCCCC(=O)O)cc1. The van der Waals surface area contributed by atoms with Gasteiger partial charge < -0.3 is 25.2 Å². The Balaban J connectivity index is 1.65. The van der Waals surface area contributed by atoms with E-state index in [0.717, 1.165) is 37.0 Å². The van der Waals surface area contributed by atoms with Gasteiger partial charge in [0.25, 0.3) is 0 Å². The van der Waals surface area contributed by atoms with Crippen LogP contribution in [0.1, 0.15) is 50.5 Å². The summed E-state index contributed by atoms with van der Waals surface area (Å²) in [5, 5.41) is 21.7. The largest absolute Gasteiger partial charge is 0.491 e. The number of hydrogen-bond donors (Lipinski definition) is 3. The molecule has 2 rings (SSSR count). The topological polar surface area (TPSA) is 99.1 Å². The third-order valence-electron chi connectivity index (χ3n) is 5.04. The Morgan fingerprint density at radius 2 is 1.96 bits per heavy atom. The molecule has 0 aromatic heterocycles. The maximum Gasteiger partial charge on any atom is 0.317 e.